The highest BCUT2D eigenvalue weighted by Crippen LogP contribution is 2.37. The van der Waals surface area contributed by atoms with Gasteiger partial charge in [-0.3, -0.25) is 10.3 Å². The Morgan fingerprint density at radius 1 is 1.04 bits per heavy atom. The zero-order chi connectivity index (χ0) is 16.7. The van der Waals surface area contributed by atoms with Crippen molar-refractivity contribution in [3.63, 3.8) is 0 Å². The maximum atomic E-state index is 12.5. The molecule has 0 unspecified atom stereocenters. The molecule has 2 heterocycles. The van der Waals surface area contributed by atoms with Gasteiger partial charge in [0.2, 0.25) is 0 Å². The van der Waals surface area contributed by atoms with Crippen molar-refractivity contribution in [1.82, 2.24) is 10.2 Å². The molecular formula is C17H15N5O2. The van der Waals surface area contributed by atoms with Gasteiger partial charge in [-0.1, -0.05) is 42.5 Å². The summed E-state index contributed by atoms with van der Waals surface area (Å²) < 4.78 is 0. The first-order valence-electron chi connectivity index (χ1n) is 7.46. The molecule has 7 nitrogen and oxygen atoms in total. The van der Waals surface area contributed by atoms with Crippen molar-refractivity contribution < 1.29 is 10.0 Å². The van der Waals surface area contributed by atoms with E-state index in [1.807, 2.05) is 37.3 Å². The molecule has 0 saturated carbocycles. The third-order valence-corrected chi connectivity index (χ3v) is 3.93. The van der Waals surface area contributed by atoms with Gasteiger partial charge in [0.05, 0.1) is 5.69 Å². The Hall–Kier alpha value is -3.32. The maximum absolute atomic E-state index is 12.5. The van der Waals surface area contributed by atoms with E-state index in [2.05, 4.69) is 15.5 Å². The summed E-state index contributed by atoms with van der Waals surface area (Å²) >= 11 is 0. The number of aromatic amines is 1. The molecule has 1 aliphatic heterocycles. The van der Waals surface area contributed by atoms with Gasteiger partial charge in [0.25, 0.3) is 0 Å². The van der Waals surface area contributed by atoms with Crippen molar-refractivity contribution in [1.29, 1.82) is 0 Å². The SMILES string of the molecule is Cc1[nH]nc(N2C(=O)Nc3ccccc3N2O)c1-c1ccccc1. The monoisotopic (exact) mass is 321 g/mol. The molecule has 0 bridgehead atoms. The number of aryl methyl sites for hydroxylation is 1. The molecule has 0 spiro atoms. The average Bonchev–Trinajstić information content (AvgIpc) is 2.97. The highest BCUT2D eigenvalue weighted by molar-refractivity contribution is 6.09. The molecule has 4 rings (SSSR count). The van der Waals surface area contributed by atoms with Gasteiger partial charge in [-0.05, 0) is 24.6 Å². The Labute approximate surface area is 138 Å². The fourth-order valence-electron chi connectivity index (χ4n) is 2.82. The van der Waals surface area contributed by atoms with Crippen molar-refractivity contribution in [2.75, 3.05) is 15.5 Å². The van der Waals surface area contributed by atoms with Gasteiger partial charge in [-0.15, -0.1) is 5.17 Å². The van der Waals surface area contributed by atoms with E-state index < -0.39 is 6.03 Å². The number of amides is 2. The number of hydrogen-bond acceptors (Lipinski definition) is 4. The van der Waals surface area contributed by atoms with E-state index in [0.29, 0.717) is 17.2 Å². The first kappa shape index (κ1) is 14.3. The lowest BCUT2D eigenvalue weighted by Crippen LogP contribution is -2.51. The van der Waals surface area contributed by atoms with Crippen LogP contribution < -0.4 is 15.5 Å². The summed E-state index contributed by atoms with van der Waals surface area (Å²) in [6.07, 6.45) is 0. The Morgan fingerprint density at radius 2 is 1.75 bits per heavy atom. The van der Waals surface area contributed by atoms with Crippen LogP contribution in [0.2, 0.25) is 0 Å². The maximum Gasteiger partial charge on any atom is 0.348 e. The molecule has 1 aromatic heterocycles. The Bertz CT molecular complexity index is 906. The van der Waals surface area contributed by atoms with E-state index in [4.69, 9.17) is 0 Å². The standard InChI is InChI=1S/C17H15N5O2/c1-11-15(12-7-3-2-4-8-12)16(20-19-11)21-17(23)18-13-9-5-6-10-14(13)22(21)24/h2-10,24H,1H3,(H,18,23)(H,19,20). The smallest absolute Gasteiger partial charge is 0.304 e. The predicted octanol–water partition coefficient (Wildman–Crippen LogP) is 3.55. The molecule has 0 radical (unpaired) electrons. The minimum atomic E-state index is -0.486. The first-order valence-corrected chi connectivity index (χ1v) is 7.46. The number of aromatic nitrogens is 2. The first-order chi connectivity index (χ1) is 11.7. The van der Waals surface area contributed by atoms with Crippen LogP contribution in [-0.2, 0) is 0 Å². The molecule has 1 aliphatic rings. The van der Waals surface area contributed by atoms with Gasteiger partial charge in [-0.2, -0.15) is 10.1 Å². The molecule has 7 heteroatoms. The number of nitrogens with one attached hydrogen (secondary N) is 2. The fourth-order valence-corrected chi connectivity index (χ4v) is 2.82. The van der Waals surface area contributed by atoms with Crippen LogP contribution in [0.5, 0.6) is 0 Å². The second kappa shape index (κ2) is 5.39. The van der Waals surface area contributed by atoms with E-state index in [1.54, 1.807) is 24.3 Å². The van der Waals surface area contributed by atoms with Gasteiger partial charge in [0, 0.05) is 11.3 Å². The molecular weight excluding hydrogens is 306 g/mol. The van der Waals surface area contributed by atoms with Crippen LogP contribution in [0.3, 0.4) is 0 Å². The quantitative estimate of drug-likeness (QED) is 0.674. The molecule has 2 amide bonds. The topological polar surface area (TPSA) is 84.5 Å². The Kier molecular flexibility index (Phi) is 3.21. The third-order valence-electron chi connectivity index (χ3n) is 3.93. The van der Waals surface area contributed by atoms with Crippen LogP contribution in [0.4, 0.5) is 22.0 Å². The molecule has 0 saturated heterocycles. The summed E-state index contributed by atoms with van der Waals surface area (Å²) in [5.74, 6) is 0.327. The summed E-state index contributed by atoms with van der Waals surface area (Å²) in [5, 5.41) is 22.4. The number of hydrazine groups is 1. The van der Waals surface area contributed by atoms with E-state index in [9.17, 15) is 10.0 Å². The molecule has 24 heavy (non-hydrogen) atoms. The molecule has 0 aliphatic carbocycles. The minimum Gasteiger partial charge on any atom is -0.304 e. The van der Waals surface area contributed by atoms with Crippen LogP contribution in [0, 0.1) is 6.92 Å². The average molecular weight is 321 g/mol. The lowest BCUT2D eigenvalue weighted by Gasteiger charge is -2.35. The summed E-state index contributed by atoms with van der Waals surface area (Å²) in [6, 6.07) is 16.1. The number of carbonyl (C=O) groups is 1. The van der Waals surface area contributed by atoms with Crippen LogP contribution in [0.1, 0.15) is 5.69 Å². The largest absolute Gasteiger partial charge is 0.348 e. The summed E-state index contributed by atoms with van der Waals surface area (Å²) in [4.78, 5) is 12.5. The van der Waals surface area contributed by atoms with Crippen molar-refractivity contribution in [3.05, 3.63) is 60.3 Å². The van der Waals surface area contributed by atoms with Crippen LogP contribution >= 0.6 is 0 Å². The molecule has 2 aromatic carbocycles. The Morgan fingerprint density at radius 3 is 2.54 bits per heavy atom. The fraction of sp³-hybridized carbons (Fsp3) is 0.0588. The number of H-pyrrole nitrogens is 1. The van der Waals surface area contributed by atoms with Crippen LogP contribution in [0.25, 0.3) is 11.1 Å². The number of nitrogens with zero attached hydrogens (tertiary/aromatic N) is 3. The number of fused-ring (bicyclic) bond motifs is 1. The number of anilines is 3. The van der Waals surface area contributed by atoms with E-state index in [1.165, 1.54) is 0 Å². The van der Waals surface area contributed by atoms with E-state index >= 15 is 0 Å². The van der Waals surface area contributed by atoms with Crippen molar-refractivity contribution in [2.45, 2.75) is 6.92 Å². The van der Waals surface area contributed by atoms with Crippen molar-refractivity contribution >= 4 is 23.2 Å². The molecule has 3 aromatic rings. The van der Waals surface area contributed by atoms with E-state index in [0.717, 1.165) is 27.0 Å². The number of para-hydroxylation sites is 2. The second-order valence-electron chi connectivity index (χ2n) is 5.46. The zero-order valence-corrected chi connectivity index (χ0v) is 12.9. The number of benzene rings is 2. The highest BCUT2D eigenvalue weighted by atomic mass is 16.6. The number of rotatable bonds is 2. The normalized spacial score (nSPS) is 13.7. The highest BCUT2D eigenvalue weighted by Gasteiger charge is 2.34. The predicted molar refractivity (Wildman–Crippen MR) is 91.0 cm³/mol. The summed E-state index contributed by atoms with van der Waals surface area (Å²) in [6.45, 7) is 1.87. The molecule has 0 fully saturated rings. The van der Waals surface area contributed by atoms with Gasteiger partial charge < -0.3 is 5.32 Å². The second-order valence-corrected chi connectivity index (χ2v) is 5.46. The number of hydrogen-bond donors (Lipinski definition) is 3. The van der Waals surface area contributed by atoms with E-state index in [-0.39, 0.29) is 0 Å². The lowest BCUT2D eigenvalue weighted by atomic mass is 10.1. The number of urea groups is 1. The van der Waals surface area contributed by atoms with Gasteiger partial charge >= 0.3 is 6.03 Å². The number of carbonyl (C=O) groups excluding carboxylic acids is 1. The van der Waals surface area contributed by atoms with Gasteiger partial charge in [-0.25, -0.2) is 4.79 Å². The van der Waals surface area contributed by atoms with Crippen molar-refractivity contribution in [2.24, 2.45) is 0 Å². The van der Waals surface area contributed by atoms with Gasteiger partial charge in [0.1, 0.15) is 5.69 Å². The molecule has 0 atom stereocenters. The third kappa shape index (κ3) is 2.10. The summed E-state index contributed by atoms with van der Waals surface area (Å²) in [5.41, 5.74) is 3.46. The minimum absolute atomic E-state index is 0.327. The van der Waals surface area contributed by atoms with Crippen LogP contribution in [0.15, 0.2) is 54.6 Å². The van der Waals surface area contributed by atoms with Crippen molar-refractivity contribution in [3.8, 4) is 11.1 Å². The Balaban J connectivity index is 1.85. The molecule has 3 N–H and O–H groups in total. The summed E-state index contributed by atoms with van der Waals surface area (Å²) in [7, 11) is 0. The van der Waals surface area contributed by atoms with Gasteiger partial charge in [0.15, 0.2) is 5.82 Å². The molecule has 120 valence electrons. The van der Waals surface area contributed by atoms with Crippen LogP contribution in [-0.4, -0.2) is 21.4 Å². The lowest BCUT2D eigenvalue weighted by molar-refractivity contribution is 0.221. The zero-order valence-electron chi connectivity index (χ0n) is 12.9.